The summed E-state index contributed by atoms with van der Waals surface area (Å²) in [5.41, 5.74) is 2.23. The molecule has 0 saturated heterocycles. The summed E-state index contributed by atoms with van der Waals surface area (Å²) in [6, 6.07) is 13.4. The van der Waals surface area contributed by atoms with E-state index in [9.17, 15) is 9.59 Å². The number of rotatable bonds is 2. The lowest BCUT2D eigenvalue weighted by Crippen LogP contribution is -2.20. The van der Waals surface area contributed by atoms with Crippen LogP contribution in [0, 0.1) is 0 Å². The summed E-state index contributed by atoms with van der Waals surface area (Å²) in [6.07, 6.45) is 0. The number of aromatic amines is 2. The van der Waals surface area contributed by atoms with E-state index in [0.717, 1.165) is 27.1 Å². The Bertz CT molecular complexity index is 1410. The third kappa shape index (κ3) is 2.71. The number of aromatic nitrogens is 3. The van der Waals surface area contributed by atoms with Crippen molar-refractivity contribution in [2.75, 3.05) is 0 Å². The van der Waals surface area contributed by atoms with Gasteiger partial charge in [0, 0.05) is 10.4 Å². The molecule has 27 heavy (non-hydrogen) atoms. The first-order valence-electron chi connectivity index (χ1n) is 8.00. The van der Waals surface area contributed by atoms with Crippen molar-refractivity contribution >= 4 is 54.7 Å². The molecule has 0 bridgehead atoms. The highest BCUT2D eigenvalue weighted by Gasteiger charge is 2.18. The van der Waals surface area contributed by atoms with Gasteiger partial charge in [0.2, 0.25) is 0 Å². The summed E-state index contributed by atoms with van der Waals surface area (Å²) in [4.78, 5) is 35.7. The van der Waals surface area contributed by atoms with E-state index >= 15 is 0 Å². The first-order chi connectivity index (χ1) is 13.1. The van der Waals surface area contributed by atoms with Crippen LogP contribution in [0.1, 0.15) is 0 Å². The lowest BCUT2D eigenvalue weighted by Gasteiger charge is -2.07. The lowest BCUT2D eigenvalue weighted by molar-refractivity contribution is 1.09. The Morgan fingerprint density at radius 3 is 2.59 bits per heavy atom. The maximum Gasteiger partial charge on any atom is 0.326 e. The molecule has 0 saturated carbocycles. The molecule has 0 spiro atoms. The number of benzene rings is 1. The Morgan fingerprint density at radius 2 is 1.85 bits per heavy atom. The molecule has 0 unspecified atom stereocenters. The Labute approximate surface area is 164 Å². The largest absolute Gasteiger partial charge is 0.326 e. The molecule has 0 aliphatic heterocycles. The number of halogens is 1. The molecule has 4 aromatic heterocycles. The van der Waals surface area contributed by atoms with E-state index in [-0.39, 0.29) is 0 Å². The lowest BCUT2D eigenvalue weighted by atomic mass is 10.0. The zero-order valence-electron chi connectivity index (χ0n) is 13.6. The van der Waals surface area contributed by atoms with Crippen molar-refractivity contribution in [3.05, 3.63) is 73.7 Å². The zero-order valence-corrected chi connectivity index (χ0v) is 16.0. The van der Waals surface area contributed by atoms with Crippen LogP contribution in [0.5, 0.6) is 0 Å². The topological polar surface area (TPSA) is 78.6 Å². The number of nitrogens with one attached hydrogen (secondary N) is 2. The van der Waals surface area contributed by atoms with E-state index in [2.05, 4.69) is 9.97 Å². The quantitative estimate of drug-likeness (QED) is 0.434. The van der Waals surface area contributed by atoms with E-state index in [4.69, 9.17) is 16.6 Å². The molecule has 132 valence electrons. The average molecular weight is 412 g/mol. The fraction of sp³-hybridized carbons (Fsp3) is 0. The van der Waals surface area contributed by atoms with Crippen molar-refractivity contribution in [3.8, 4) is 21.7 Å². The molecule has 2 N–H and O–H groups in total. The minimum Gasteiger partial charge on any atom is -0.305 e. The van der Waals surface area contributed by atoms with Gasteiger partial charge in [-0.15, -0.1) is 22.7 Å². The Balaban J connectivity index is 1.95. The number of H-pyrrole nitrogens is 2. The number of hydrogen-bond donors (Lipinski definition) is 2. The summed E-state index contributed by atoms with van der Waals surface area (Å²) in [5.74, 6) is 0. The van der Waals surface area contributed by atoms with E-state index < -0.39 is 11.2 Å². The molecule has 5 rings (SSSR count). The maximum absolute atomic E-state index is 12.3. The molecule has 8 heteroatoms. The molecule has 0 aliphatic rings. The molecule has 0 amide bonds. The minimum atomic E-state index is -0.531. The normalized spacial score (nSPS) is 11.4. The van der Waals surface area contributed by atoms with Gasteiger partial charge in [0.25, 0.3) is 5.56 Å². The SMILES string of the molecule is O=c1[nH]c(=O)c2sc3nc(-c4cccs4)cc(-c4ccc(Cl)cc4)c3c2[nH]1. The van der Waals surface area contributed by atoms with Crippen LogP contribution in [0.3, 0.4) is 0 Å². The van der Waals surface area contributed by atoms with Crippen LogP contribution in [0.25, 0.3) is 42.1 Å². The second-order valence-electron chi connectivity index (χ2n) is 5.93. The Hall–Kier alpha value is -2.74. The van der Waals surface area contributed by atoms with Crippen molar-refractivity contribution in [1.29, 1.82) is 0 Å². The fourth-order valence-electron chi connectivity index (χ4n) is 3.09. The number of pyridine rings is 1. The van der Waals surface area contributed by atoms with Crippen LogP contribution in [-0.2, 0) is 0 Å². The summed E-state index contributed by atoms with van der Waals surface area (Å²) in [7, 11) is 0. The van der Waals surface area contributed by atoms with Crippen LogP contribution < -0.4 is 11.2 Å². The molecule has 5 nitrogen and oxygen atoms in total. The number of thiophene rings is 2. The first-order valence-corrected chi connectivity index (χ1v) is 10.1. The van der Waals surface area contributed by atoms with E-state index in [1.165, 1.54) is 11.3 Å². The van der Waals surface area contributed by atoms with Gasteiger partial charge in [-0.25, -0.2) is 9.78 Å². The van der Waals surface area contributed by atoms with Crippen molar-refractivity contribution in [1.82, 2.24) is 15.0 Å². The van der Waals surface area contributed by atoms with Gasteiger partial charge in [-0.2, -0.15) is 0 Å². The third-order valence-corrected chi connectivity index (χ3v) is 6.49. The van der Waals surface area contributed by atoms with Gasteiger partial charge < -0.3 is 4.98 Å². The molecular formula is C19H10ClN3O2S2. The van der Waals surface area contributed by atoms with Crippen molar-refractivity contribution < 1.29 is 0 Å². The number of fused-ring (bicyclic) bond motifs is 3. The predicted molar refractivity (Wildman–Crippen MR) is 112 cm³/mol. The van der Waals surface area contributed by atoms with Crippen LogP contribution in [0.15, 0.2) is 57.4 Å². The second kappa shape index (κ2) is 6.16. The number of hydrogen-bond acceptors (Lipinski definition) is 5. The fourth-order valence-corrected chi connectivity index (χ4v) is 4.95. The van der Waals surface area contributed by atoms with Gasteiger partial charge >= 0.3 is 5.69 Å². The Kier molecular flexibility index (Phi) is 3.75. The molecule has 4 heterocycles. The van der Waals surface area contributed by atoms with Gasteiger partial charge in [-0.05, 0) is 40.8 Å². The third-order valence-electron chi connectivity index (χ3n) is 4.26. The summed E-state index contributed by atoms with van der Waals surface area (Å²) in [5, 5.41) is 3.40. The van der Waals surface area contributed by atoms with Crippen LogP contribution in [0.2, 0.25) is 5.02 Å². The van der Waals surface area contributed by atoms with Crippen molar-refractivity contribution in [3.63, 3.8) is 0 Å². The molecule has 1 aromatic carbocycles. The van der Waals surface area contributed by atoms with E-state index in [1.807, 2.05) is 47.8 Å². The molecule has 0 atom stereocenters. The zero-order chi connectivity index (χ0) is 18.5. The molecule has 0 fully saturated rings. The monoisotopic (exact) mass is 411 g/mol. The highest BCUT2D eigenvalue weighted by atomic mass is 35.5. The van der Waals surface area contributed by atoms with Crippen LogP contribution in [0.4, 0.5) is 0 Å². The highest BCUT2D eigenvalue weighted by molar-refractivity contribution is 7.25. The summed E-state index contributed by atoms with van der Waals surface area (Å²) >= 11 is 8.92. The van der Waals surface area contributed by atoms with E-state index in [0.29, 0.717) is 20.1 Å². The smallest absolute Gasteiger partial charge is 0.305 e. The Morgan fingerprint density at radius 1 is 1.04 bits per heavy atom. The molecule has 0 aliphatic carbocycles. The summed E-state index contributed by atoms with van der Waals surface area (Å²) in [6.45, 7) is 0. The second-order valence-corrected chi connectivity index (χ2v) is 8.32. The van der Waals surface area contributed by atoms with Gasteiger partial charge in [0.1, 0.15) is 9.53 Å². The van der Waals surface area contributed by atoms with E-state index in [1.54, 1.807) is 11.3 Å². The molecule has 5 aromatic rings. The van der Waals surface area contributed by atoms with Gasteiger partial charge in [-0.3, -0.25) is 9.78 Å². The molecule has 0 radical (unpaired) electrons. The van der Waals surface area contributed by atoms with Crippen LogP contribution >= 0.6 is 34.3 Å². The van der Waals surface area contributed by atoms with Gasteiger partial charge in [0.15, 0.2) is 0 Å². The number of nitrogens with zero attached hydrogens (tertiary/aromatic N) is 1. The maximum atomic E-state index is 12.3. The highest BCUT2D eigenvalue weighted by Crippen LogP contribution is 2.39. The summed E-state index contributed by atoms with van der Waals surface area (Å²) < 4.78 is 0.454. The van der Waals surface area contributed by atoms with Crippen molar-refractivity contribution in [2.45, 2.75) is 0 Å². The van der Waals surface area contributed by atoms with Crippen molar-refractivity contribution in [2.24, 2.45) is 0 Å². The van der Waals surface area contributed by atoms with Crippen LogP contribution in [-0.4, -0.2) is 15.0 Å². The van der Waals surface area contributed by atoms with Gasteiger partial charge in [0.05, 0.1) is 16.1 Å². The predicted octanol–water partition coefficient (Wildman–Crippen LogP) is 4.88. The average Bonchev–Trinajstić information content (AvgIpc) is 3.30. The molecular weight excluding hydrogens is 402 g/mol. The standard InChI is InChI=1S/C19H10ClN3O2S2/c20-10-5-3-9(4-6-10)11-8-12(13-2-1-7-26-13)21-18-14(11)15-16(27-18)17(24)23-19(25)22-15/h1-8H,(H2,22,23,24,25). The van der Waals surface area contributed by atoms with Gasteiger partial charge in [-0.1, -0.05) is 29.8 Å². The first kappa shape index (κ1) is 16.4. The minimum absolute atomic E-state index is 0.406.